The molecule has 8 heteroatoms. The fourth-order valence-corrected chi connectivity index (χ4v) is 2.18. The number of rotatable bonds is 5. The average Bonchev–Trinajstić information content (AvgIpc) is 2.35. The number of aliphatic carboxylic acids is 1. The minimum atomic E-state index is -0.875. The van der Waals surface area contributed by atoms with Gasteiger partial charge in [-0.25, -0.2) is 4.79 Å². The van der Waals surface area contributed by atoms with Gasteiger partial charge in [0.05, 0.1) is 6.54 Å². The zero-order valence-electron chi connectivity index (χ0n) is 11.8. The summed E-state index contributed by atoms with van der Waals surface area (Å²) in [6.07, 6.45) is 0. The molecule has 1 heterocycles. The third-order valence-corrected chi connectivity index (χ3v) is 3.27. The van der Waals surface area contributed by atoms with Crippen LogP contribution in [0.15, 0.2) is 0 Å². The van der Waals surface area contributed by atoms with Crippen LogP contribution in [-0.2, 0) is 9.59 Å². The molecule has 0 aromatic rings. The number of hydrogen-bond donors (Lipinski definition) is 3. The van der Waals surface area contributed by atoms with E-state index in [1.165, 1.54) is 0 Å². The zero-order chi connectivity index (χ0) is 15.3. The number of carbonyl (C=O) groups excluding carboxylic acids is 2. The fraction of sp³-hybridized carbons (Fsp3) is 0.750. The molecule has 3 amide bonds. The van der Waals surface area contributed by atoms with Gasteiger partial charge in [0.25, 0.3) is 0 Å². The predicted octanol–water partition coefficient (Wildman–Crippen LogP) is -1.09. The molecule has 0 spiro atoms. The number of carbonyl (C=O) groups is 3. The standard InChI is InChI=1S/C12H22N4O4/c1-8(2)10(14-12(13)20)11(19)16-5-3-15(4-6-16)7-9(17)18/h8,10H,3-7H2,1-2H3,(H,17,18)(H3,13,14,20). The highest BCUT2D eigenvalue weighted by Gasteiger charge is 2.30. The van der Waals surface area contributed by atoms with Crippen LogP contribution in [-0.4, -0.2) is 71.6 Å². The second-order valence-electron chi connectivity index (χ2n) is 5.23. The number of carboxylic acid groups (broad SMARTS) is 1. The van der Waals surface area contributed by atoms with Crippen molar-refractivity contribution < 1.29 is 19.5 Å². The van der Waals surface area contributed by atoms with Gasteiger partial charge in [-0.1, -0.05) is 13.8 Å². The van der Waals surface area contributed by atoms with Crippen LogP contribution >= 0.6 is 0 Å². The monoisotopic (exact) mass is 286 g/mol. The lowest BCUT2D eigenvalue weighted by Crippen LogP contribution is -2.57. The zero-order valence-corrected chi connectivity index (χ0v) is 11.8. The van der Waals surface area contributed by atoms with Crippen molar-refractivity contribution in [1.29, 1.82) is 0 Å². The summed E-state index contributed by atoms with van der Waals surface area (Å²) in [6, 6.07) is -1.36. The van der Waals surface area contributed by atoms with Crippen molar-refractivity contribution in [2.24, 2.45) is 11.7 Å². The van der Waals surface area contributed by atoms with E-state index < -0.39 is 18.0 Å². The Balaban J connectivity index is 2.55. The van der Waals surface area contributed by atoms with E-state index in [4.69, 9.17) is 10.8 Å². The molecule has 1 rings (SSSR count). The first-order valence-electron chi connectivity index (χ1n) is 6.60. The molecule has 1 atom stereocenters. The Hall–Kier alpha value is -1.83. The molecule has 1 fully saturated rings. The molecule has 20 heavy (non-hydrogen) atoms. The van der Waals surface area contributed by atoms with Crippen LogP contribution in [0.1, 0.15) is 13.8 Å². The fourth-order valence-electron chi connectivity index (χ4n) is 2.18. The van der Waals surface area contributed by atoms with Gasteiger partial charge in [0, 0.05) is 26.2 Å². The summed E-state index contributed by atoms with van der Waals surface area (Å²) in [6.45, 7) is 5.58. The number of primary amides is 1. The first-order valence-corrected chi connectivity index (χ1v) is 6.60. The van der Waals surface area contributed by atoms with Crippen molar-refractivity contribution in [2.45, 2.75) is 19.9 Å². The quantitative estimate of drug-likeness (QED) is 0.594. The second-order valence-corrected chi connectivity index (χ2v) is 5.23. The summed E-state index contributed by atoms with van der Waals surface area (Å²) in [5.74, 6) is -1.11. The predicted molar refractivity (Wildman–Crippen MR) is 72.0 cm³/mol. The summed E-state index contributed by atoms with van der Waals surface area (Å²) >= 11 is 0. The molecular weight excluding hydrogens is 264 g/mol. The summed E-state index contributed by atoms with van der Waals surface area (Å²) < 4.78 is 0. The lowest BCUT2D eigenvalue weighted by Gasteiger charge is -2.36. The second kappa shape index (κ2) is 7.09. The minimum Gasteiger partial charge on any atom is -0.480 e. The molecule has 0 aliphatic carbocycles. The summed E-state index contributed by atoms with van der Waals surface area (Å²) in [4.78, 5) is 37.3. The van der Waals surface area contributed by atoms with Crippen molar-refractivity contribution >= 4 is 17.9 Å². The Labute approximate surface area is 117 Å². The van der Waals surface area contributed by atoms with Crippen LogP contribution in [0.3, 0.4) is 0 Å². The molecule has 1 aliphatic heterocycles. The summed E-state index contributed by atoms with van der Waals surface area (Å²) in [7, 11) is 0. The third kappa shape index (κ3) is 4.69. The molecule has 4 N–H and O–H groups in total. The van der Waals surface area contributed by atoms with Gasteiger partial charge in [0.2, 0.25) is 5.91 Å². The van der Waals surface area contributed by atoms with E-state index in [1.807, 2.05) is 13.8 Å². The summed E-state index contributed by atoms with van der Waals surface area (Å²) in [5, 5.41) is 11.2. The molecule has 0 aromatic heterocycles. The van der Waals surface area contributed by atoms with Crippen molar-refractivity contribution in [3.63, 3.8) is 0 Å². The molecule has 1 saturated heterocycles. The summed E-state index contributed by atoms with van der Waals surface area (Å²) in [5.41, 5.74) is 5.08. The maximum absolute atomic E-state index is 12.3. The smallest absolute Gasteiger partial charge is 0.317 e. The van der Waals surface area contributed by atoms with Crippen LogP contribution < -0.4 is 11.1 Å². The molecule has 8 nitrogen and oxygen atoms in total. The van der Waals surface area contributed by atoms with Gasteiger partial charge in [0.1, 0.15) is 6.04 Å². The van der Waals surface area contributed by atoms with Crippen molar-refractivity contribution in [3.05, 3.63) is 0 Å². The van der Waals surface area contributed by atoms with E-state index >= 15 is 0 Å². The van der Waals surface area contributed by atoms with Gasteiger partial charge in [0.15, 0.2) is 0 Å². The van der Waals surface area contributed by atoms with E-state index in [1.54, 1.807) is 9.80 Å². The first kappa shape index (κ1) is 16.2. The number of nitrogens with one attached hydrogen (secondary N) is 1. The molecule has 1 aliphatic rings. The van der Waals surface area contributed by atoms with E-state index in [9.17, 15) is 14.4 Å². The third-order valence-electron chi connectivity index (χ3n) is 3.27. The van der Waals surface area contributed by atoms with Gasteiger partial charge in [-0.2, -0.15) is 0 Å². The SMILES string of the molecule is CC(C)C(NC(N)=O)C(=O)N1CCN(CC(=O)O)CC1. The van der Waals surface area contributed by atoms with E-state index in [2.05, 4.69) is 5.32 Å². The van der Waals surface area contributed by atoms with Gasteiger partial charge in [-0.15, -0.1) is 0 Å². The van der Waals surface area contributed by atoms with Crippen molar-refractivity contribution in [1.82, 2.24) is 15.1 Å². The molecule has 0 saturated carbocycles. The van der Waals surface area contributed by atoms with Crippen LogP contribution in [0.5, 0.6) is 0 Å². The number of piperazine rings is 1. The first-order chi connectivity index (χ1) is 9.31. The Morgan fingerprint density at radius 3 is 2.15 bits per heavy atom. The molecule has 0 aromatic carbocycles. The molecule has 1 unspecified atom stereocenters. The van der Waals surface area contributed by atoms with Crippen LogP contribution in [0.2, 0.25) is 0 Å². The van der Waals surface area contributed by atoms with Crippen LogP contribution in [0.25, 0.3) is 0 Å². The van der Waals surface area contributed by atoms with Gasteiger partial charge < -0.3 is 21.1 Å². The van der Waals surface area contributed by atoms with E-state index in [0.29, 0.717) is 26.2 Å². The number of urea groups is 1. The van der Waals surface area contributed by atoms with Gasteiger partial charge in [-0.3, -0.25) is 14.5 Å². The maximum atomic E-state index is 12.3. The molecule has 0 bridgehead atoms. The van der Waals surface area contributed by atoms with Crippen molar-refractivity contribution in [2.75, 3.05) is 32.7 Å². The Morgan fingerprint density at radius 2 is 1.75 bits per heavy atom. The topological polar surface area (TPSA) is 116 Å². The molecule has 114 valence electrons. The largest absolute Gasteiger partial charge is 0.480 e. The Bertz CT molecular complexity index is 378. The normalized spacial score (nSPS) is 17.9. The number of hydrogen-bond acceptors (Lipinski definition) is 4. The number of nitrogens with zero attached hydrogens (tertiary/aromatic N) is 2. The number of carboxylic acids is 1. The Morgan fingerprint density at radius 1 is 1.20 bits per heavy atom. The van der Waals surface area contributed by atoms with Crippen molar-refractivity contribution in [3.8, 4) is 0 Å². The number of amides is 3. The highest BCUT2D eigenvalue weighted by molar-refractivity contribution is 5.87. The lowest BCUT2D eigenvalue weighted by atomic mass is 10.0. The number of nitrogens with two attached hydrogens (primary N) is 1. The average molecular weight is 286 g/mol. The highest BCUT2D eigenvalue weighted by Crippen LogP contribution is 2.09. The molecule has 0 radical (unpaired) electrons. The van der Waals surface area contributed by atoms with Gasteiger partial charge in [-0.05, 0) is 5.92 Å². The Kier molecular flexibility index (Phi) is 5.75. The lowest BCUT2D eigenvalue weighted by molar-refractivity contribution is -0.140. The van der Waals surface area contributed by atoms with E-state index in [0.717, 1.165) is 0 Å². The van der Waals surface area contributed by atoms with Crippen LogP contribution in [0, 0.1) is 5.92 Å². The highest BCUT2D eigenvalue weighted by atomic mass is 16.4. The van der Waals surface area contributed by atoms with E-state index in [-0.39, 0.29) is 18.4 Å². The molecular formula is C12H22N4O4. The maximum Gasteiger partial charge on any atom is 0.317 e. The minimum absolute atomic E-state index is 0.0187. The van der Waals surface area contributed by atoms with Gasteiger partial charge >= 0.3 is 12.0 Å². The van der Waals surface area contributed by atoms with Crippen LogP contribution in [0.4, 0.5) is 4.79 Å².